The number of hydrogen-bond donors (Lipinski definition) is 2. The fraction of sp³-hybridized carbons (Fsp3) is 0.412. The van der Waals surface area contributed by atoms with Crippen molar-refractivity contribution in [1.82, 2.24) is 9.97 Å². The van der Waals surface area contributed by atoms with Crippen LogP contribution < -0.4 is 10.6 Å². The van der Waals surface area contributed by atoms with Crippen LogP contribution in [0.1, 0.15) is 31.0 Å². The summed E-state index contributed by atoms with van der Waals surface area (Å²) in [6, 6.07) is 10.2. The number of nitrogens with one attached hydrogen (secondary N) is 2. The van der Waals surface area contributed by atoms with E-state index >= 15 is 0 Å². The van der Waals surface area contributed by atoms with Crippen molar-refractivity contribution >= 4 is 17.5 Å². The Balaban J connectivity index is 2.19. The van der Waals surface area contributed by atoms with Crippen LogP contribution >= 0.6 is 0 Å². The van der Waals surface area contributed by atoms with Gasteiger partial charge in [-0.25, -0.2) is 4.98 Å². The molecule has 118 valence electrons. The van der Waals surface area contributed by atoms with Crippen LogP contribution in [0.5, 0.6) is 0 Å². The van der Waals surface area contributed by atoms with Crippen LogP contribution in [0.3, 0.4) is 0 Å². The molecule has 0 bridgehead atoms. The SMILES string of the molecule is COCCNc1nc(C)cc(Nc2ccccc2C(C)C)n1. The van der Waals surface area contributed by atoms with Gasteiger partial charge >= 0.3 is 0 Å². The second-order valence-electron chi connectivity index (χ2n) is 5.50. The number of ether oxygens (including phenoxy) is 1. The number of para-hydroxylation sites is 1. The minimum atomic E-state index is 0.450. The molecule has 0 spiro atoms. The highest BCUT2D eigenvalue weighted by atomic mass is 16.5. The van der Waals surface area contributed by atoms with Gasteiger partial charge in [-0.1, -0.05) is 32.0 Å². The van der Waals surface area contributed by atoms with E-state index in [9.17, 15) is 0 Å². The largest absolute Gasteiger partial charge is 0.383 e. The summed E-state index contributed by atoms with van der Waals surface area (Å²) in [6.45, 7) is 7.63. The molecule has 2 aromatic rings. The molecule has 0 atom stereocenters. The molecule has 0 fully saturated rings. The van der Waals surface area contributed by atoms with E-state index in [0.717, 1.165) is 17.2 Å². The lowest BCUT2D eigenvalue weighted by Crippen LogP contribution is -2.11. The third kappa shape index (κ3) is 4.43. The lowest BCUT2D eigenvalue weighted by molar-refractivity contribution is 0.210. The molecule has 0 aliphatic carbocycles. The molecule has 0 aliphatic rings. The number of methoxy groups -OCH3 is 1. The molecule has 22 heavy (non-hydrogen) atoms. The first-order valence-corrected chi connectivity index (χ1v) is 7.54. The van der Waals surface area contributed by atoms with Crippen molar-refractivity contribution in [2.75, 3.05) is 30.9 Å². The molecule has 5 nitrogen and oxygen atoms in total. The van der Waals surface area contributed by atoms with E-state index in [4.69, 9.17) is 4.74 Å². The van der Waals surface area contributed by atoms with E-state index in [0.29, 0.717) is 25.0 Å². The van der Waals surface area contributed by atoms with Crippen molar-refractivity contribution < 1.29 is 4.74 Å². The molecule has 0 saturated carbocycles. The van der Waals surface area contributed by atoms with Gasteiger partial charge < -0.3 is 15.4 Å². The van der Waals surface area contributed by atoms with Gasteiger partial charge in [0.25, 0.3) is 0 Å². The lowest BCUT2D eigenvalue weighted by Gasteiger charge is -2.15. The molecule has 1 heterocycles. The van der Waals surface area contributed by atoms with E-state index < -0.39 is 0 Å². The molecule has 0 radical (unpaired) electrons. The third-order valence-electron chi connectivity index (χ3n) is 3.29. The van der Waals surface area contributed by atoms with Gasteiger partial charge in [0.2, 0.25) is 5.95 Å². The summed E-state index contributed by atoms with van der Waals surface area (Å²) in [7, 11) is 1.68. The zero-order valence-electron chi connectivity index (χ0n) is 13.7. The zero-order chi connectivity index (χ0) is 15.9. The molecule has 2 rings (SSSR count). The van der Waals surface area contributed by atoms with Crippen LogP contribution in [-0.2, 0) is 4.74 Å². The molecule has 2 N–H and O–H groups in total. The van der Waals surface area contributed by atoms with Crippen molar-refractivity contribution in [2.24, 2.45) is 0 Å². The summed E-state index contributed by atoms with van der Waals surface area (Å²) >= 11 is 0. The van der Waals surface area contributed by atoms with Crippen LogP contribution in [-0.4, -0.2) is 30.2 Å². The van der Waals surface area contributed by atoms with E-state index in [-0.39, 0.29) is 0 Å². The fourth-order valence-corrected chi connectivity index (χ4v) is 2.23. The maximum atomic E-state index is 5.03. The fourth-order valence-electron chi connectivity index (χ4n) is 2.23. The Morgan fingerprint density at radius 2 is 1.95 bits per heavy atom. The predicted octanol–water partition coefficient (Wildman–Crippen LogP) is 3.71. The maximum Gasteiger partial charge on any atom is 0.224 e. The highest BCUT2D eigenvalue weighted by Gasteiger charge is 2.08. The van der Waals surface area contributed by atoms with E-state index in [1.54, 1.807) is 7.11 Å². The molecular formula is C17H24N4O. The number of hydrogen-bond acceptors (Lipinski definition) is 5. The Labute approximate surface area is 132 Å². The zero-order valence-corrected chi connectivity index (χ0v) is 13.7. The second kappa shape index (κ2) is 7.75. The van der Waals surface area contributed by atoms with Gasteiger partial charge in [0.15, 0.2) is 0 Å². The van der Waals surface area contributed by atoms with Crippen molar-refractivity contribution in [3.05, 3.63) is 41.6 Å². The molecular weight excluding hydrogens is 276 g/mol. The summed E-state index contributed by atoms with van der Waals surface area (Å²) < 4.78 is 5.03. The number of aromatic nitrogens is 2. The van der Waals surface area contributed by atoms with E-state index in [1.165, 1.54) is 5.56 Å². The van der Waals surface area contributed by atoms with Crippen LogP contribution in [0, 0.1) is 6.92 Å². The molecule has 0 saturated heterocycles. The Hall–Kier alpha value is -2.14. The standard InChI is InChI=1S/C17H24N4O/c1-12(2)14-7-5-6-8-15(14)20-16-11-13(3)19-17(21-16)18-9-10-22-4/h5-8,11-12H,9-10H2,1-4H3,(H2,18,19,20,21). The van der Waals surface area contributed by atoms with Gasteiger partial charge in [-0.05, 0) is 24.5 Å². The van der Waals surface area contributed by atoms with Crippen molar-refractivity contribution in [3.63, 3.8) is 0 Å². The summed E-state index contributed by atoms with van der Waals surface area (Å²) in [5.41, 5.74) is 3.27. The Morgan fingerprint density at radius 3 is 2.68 bits per heavy atom. The lowest BCUT2D eigenvalue weighted by atomic mass is 10.0. The smallest absolute Gasteiger partial charge is 0.224 e. The summed E-state index contributed by atoms with van der Waals surface area (Å²) in [5, 5.41) is 6.57. The molecule has 1 aromatic carbocycles. The van der Waals surface area contributed by atoms with Crippen LogP contribution in [0.4, 0.5) is 17.5 Å². The van der Waals surface area contributed by atoms with Gasteiger partial charge in [0.05, 0.1) is 6.61 Å². The Bertz CT molecular complexity index is 613. The number of aryl methyl sites for hydroxylation is 1. The van der Waals surface area contributed by atoms with Crippen molar-refractivity contribution in [2.45, 2.75) is 26.7 Å². The second-order valence-corrected chi connectivity index (χ2v) is 5.50. The van der Waals surface area contributed by atoms with Crippen molar-refractivity contribution in [3.8, 4) is 0 Å². The van der Waals surface area contributed by atoms with Gasteiger partial charge in [0, 0.05) is 31.1 Å². The topological polar surface area (TPSA) is 59.1 Å². The van der Waals surface area contributed by atoms with E-state index in [2.05, 4.69) is 52.6 Å². The van der Waals surface area contributed by atoms with Crippen LogP contribution in [0.15, 0.2) is 30.3 Å². The highest BCUT2D eigenvalue weighted by molar-refractivity contribution is 5.62. The maximum absolute atomic E-state index is 5.03. The Morgan fingerprint density at radius 1 is 1.18 bits per heavy atom. The summed E-state index contributed by atoms with van der Waals surface area (Å²) in [4.78, 5) is 8.90. The minimum Gasteiger partial charge on any atom is -0.383 e. The number of anilines is 3. The number of benzene rings is 1. The Kier molecular flexibility index (Phi) is 5.72. The first kappa shape index (κ1) is 16.2. The van der Waals surface area contributed by atoms with Gasteiger partial charge in [-0.3, -0.25) is 0 Å². The summed E-state index contributed by atoms with van der Waals surface area (Å²) in [5.74, 6) is 1.85. The quantitative estimate of drug-likeness (QED) is 0.763. The van der Waals surface area contributed by atoms with E-state index in [1.807, 2.05) is 19.1 Å². The molecule has 1 aromatic heterocycles. The van der Waals surface area contributed by atoms with Gasteiger partial charge in [-0.15, -0.1) is 0 Å². The first-order chi connectivity index (χ1) is 10.6. The van der Waals surface area contributed by atoms with Crippen LogP contribution in [0.2, 0.25) is 0 Å². The van der Waals surface area contributed by atoms with Crippen molar-refractivity contribution in [1.29, 1.82) is 0 Å². The van der Waals surface area contributed by atoms with Gasteiger partial charge in [-0.2, -0.15) is 4.98 Å². The van der Waals surface area contributed by atoms with Crippen LogP contribution in [0.25, 0.3) is 0 Å². The average molecular weight is 300 g/mol. The molecule has 0 unspecified atom stereocenters. The summed E-state index contributed by atoms with van der Waals surface area (Å²) in [6.07, 6.45) is 0. The molecule has 5 heteroatoms. The van der Waals surface area contributed by atoms with Gasteiger partial charge in [0.1, 0.15) is 5.82 Å². The minimum absolute atomic E-state index is 0.450. The average Bonchev–Trinajstić information content (AvgIpc) is 2.47. The first-order valence-electron chi connectivity index (χ1n) is 7.54. The number of rotatable bonds is 7. The predicted molar refractivity (Wildman–Crippen MR) is 90.9 cm³/mol. The third-order valence-corrected chi connectivity index (χ3v) is 3.29. The highest BCUT2D eigenvalue weighted by Crippen LogP contribution is 2.26. The number of nitrogens with zero attached hydrogens (tertiary/aromatic N) is 2. The normalized spacial score (nSPS) is 10.8. The molecule has 0 aliphatic heterocycles. The monoisotopic (exact) mass is 300 g/mol. The molecule has 0 amide bonds.